The monoisotopic (exact) mass is 241 g/mol. The molecule has 5 heteroatoms. The van der Waals surface area contributed by atoms with Crippen molar-refractivity contribution in [3.63, 3.8) is 0 Å². The largest absolute Gasteiger partial charge is 0.491 e. The van der Waals surface area contributed by atoms with E-state index >= 15 is 0 Å². The first-order valence-corrected chi connectivity index (χ1v) is 5.60. The topological polar surface area (TPSA) is 85.1 Å². The van der Waals surface area contributed by atoms with Gasteiger partial charge in [-0.1, -0.05) is 0 Å². The highest BCUT2D eigenvalue weighted by Crippen LogP contribution is 2.27. The van der Waals surface area contributed by atoms with Crippen molar-refractivity contribution in [1.82, 2.24) is 0 Å². The fourth-order valence-electron chi connectivity index (χ4n) is 1.26. The molecule has 1 rings (SSSR count). The van der Waals surface area contributed by atoms with E-state index < -0.39 is 0 Å². The molecule has 16 heavy (non-hydrogen) atoms. The molecule has 0 aliphatic carbocycles. The Kier molecular flexibility index (Phi) is 4.92. The summed E-state index contributed by atoms with van der Waals surface area (Å²) in [4.78, 5) is 0. The van der Waals surface area contributed by atoms with Crippen LogP contribution in [0.2, 0.25) is 0 Å². The number of benzene rings is 1. The minimum atomic E-state index is 0.497. The Morgan fingerprint density at radius 1 is 1.25 bits per heavy atom. The summed E-state index contributed by atoms with van der Waals surface area (Å²) < 4.78 is 5.48. The second-order valence-corrected chi connectivity index (χ2v) is 3.79. The van der Waals surface area contributed by atoms with Crippen LogP contribution in [-0.2, 0) is 0 Å². The number of halogens is 1. The number of unbranched alkanes of at least 4 members (excludes halogenated alkanes) is 1. The van der Waals surface area contributed by atoms with Gasteiger partial charge in [0.15, 0.2) is 0 Å². The number of nitrogens with two attached hydrogens (primary N) is 2. The number of alkyl halides is 1. The zero-order valence-electron chi connectivity index (χ0n) is 9.00. The molecular formula is C11H16ClN3O. The molecule has 0 heterocycles. The van der Waals surface area contributed by atoms with Crippen LogP contribution in [0.1, 0.15) is 18.4 Å². The van der Waals surface area contributed by atoms with Crippen LogP contribution in [0.3, 0.4) is 0 Å². The quantitative estimate of drug-likeness (QED) is 0.309. The van der Waals surface area contributed by atoms with Gasteiger partial charge in [0.1, 0.15) is 5.75 Å². The molecule has 0 amide bonds. The molecule has 0 radical (unpaired) electrons. The van der Waals surface area contributed by atoms with Crippen molar-refractivity contribution in [2.45, 2.75) is 12.8 Å². The van der Waals surface area contributed by atoms with Crippen molar-refractivity contribution in [3.05, 3.63) is 17.7 Å². The van der Waals surface area contributed by atoms with E-state index in [-0.39, 0.29) is 0 Å². The zero-order chi connectivity index (χ0) is 12.0. The van der Waals surface area contributed by atoms with Crippen molar-refractivity contribution in [1.29, 1.82) is 5.41 Å². The van der Waals surface area contributed by atoms with Gasteiger partial charge in [-0.25, -0.2) is 0 Å². The van der Waals surface area contributed by atoms with Gasteiger partial charge < -0.3 is 21.6 Å². The smallest absolute Gasteiger partial charge is 0.144 e. The minimum Gasteiger partial charge on any atom is -0.491 e. The summed E-state index contributed by atoms with van der Waals surface area (Å²) in [6.45, 7) is 0.570. The van der Waals surface area contributed by atoms with E-state index in [4.69, 9.17) is 33.2 Å². The second-order valence-electron chi connectivity index (χ2n) is 3.41. The first-order valence-electron chi connectivity index (χ1n) is 5.07. The van der Waals surface area contributed by atoms with Gasteiger partial charge >= 0.3 is 0 Å². The SMILES string of the molecule is N=Cc1cc(N)c(OCCCCCl)cc1N. The molecule has 4 nitrogen and oxygen atoms in total. The van der Waals surface area contributed by atoms with Crippen molar-refractivity contribution in [2.24, 2.45) is 0 Å². The zero-order valence-corrected chi connectivity index (χ0v) is 9.76. The Labute approximate surface area is 100 Å². The molecule has 0 saturated heterocycles. The Balaban J connectivity index is 2.66. The van der Waals surface area contributed by atoms with E-state index in [9.17, 15) is 0 Å². The van der Waals surface area contributed by atoms with E-state index in [1.807, 2.05) is 0 Å². The first-order chi connectivity index (χ1) is 7.69. The van der Waals surface area contributed by atoms with Gasteiger partial charge in [0.05, 0.1) is 12.3 Å². The first kappa shape index (κ1) is 12.6. The van der Waals surface area contributed by atoms with Gasteiger partial charge in [-0.15, -0.1) is 11.6 Å². The molecule has 0 aliphatic heterocycles. The average molecular weight is 242 g/mol. The van der Waals surface area contributed by atoms with Crippen molar-refractivity contribution in [2.75, 3.05) is 24.0 Å². The summed E-state index contributed by atoms with van der Waals surface area (Å²) in [7, 11) is 0. The number of ether oxygens (including phenoxy) is 1. The fourth-order valence-corrected chi connectivity index (χ4v) is 1.45. The third kappa shape index (κ3) is 3.31. The van der Waals surface area contributed by atoms with Gasteiger partial charge in [-0.2, -0.15) is 0 Å². The average Bonchev–Trinajstić information content (AvgIpc) is 2.28. The highest BCUT2D eigenvalue weighted by atomic mass is 35.5. The van der Waals surface area contributed by atoms with Crippen LogP contribution in [0.5, 0.6) is 5.75 Å². The molecule has 0 bridgehead atoms. The predicted octanol–water partition coefficient (Wildman–Crippen LogP) is 2.25. The number of nitrogen functional groups attached to an aromatic ring is 2. The van der Waals surface area contributed by atoms with E-state index in [1.165, 1.54) is 6.21 Å². The lowest BCUT2D eigenvalue weighted by Crippen LogP contribution is -2.03. The maximum Gasteiger partial charge on any atom is 0.144 e. The summed E-state index contributed by atoms with van der Waals surface area (Å²) in [5, 5.41) is 7.13. The maximum absolute atomic E-state index is 7.13. The van der Waals surface area contributed by atoms with Crippen molar-refractivity contribution < 1.29 is 4.74 Å². The predicted molar refractivity (Wildman–Crippen MR) is 68.6 cm³/mol. The summed E-state index contributed by atoms with van der Waals surface area (Å²) >= 11 is 5.55. The number of nitrogens with one attached hydrogen (secondary N) is 1. The molecule has 0 atom stereocenters. The standard InChI is InChI=1S/C11H16ClN3O/c12-3-1-2-4-16-11-6-9(14)8(7-13)5-10(11)15/h5-7,13H,1-4,14-15H2. The Morgan fingerprint density at radius 3 is 2.62 bits per heavy atom. The second kappa shape index (κ2) is 6.23. The highest BCUT2D eigenvalue weighted by Gasteiger charge is 2.05. The Morgan fingerprint density at radius 2 is 2.00 bits per heavy atom. The molecule has 0 fully saturated rings. The lowest BCUT2D eigenvalue weighted by molar-refractivity contribution is 0.311. The summed E-state index contributed by atoms with van der Waals surface area (Å²) in [5.41, 5.74) is 13.1. The third-order valence-corrected chi connectivity index (χ3v) is 2.42. The minimum absolute atomic E-state index is 0.497. The number of anilines is 2. The number of hydrogen-bond acceptors (Lipinski definition) is 4. The van der Waals surface area contributed by atoms with Crippen molar-refractivity contribution in [3.8, 4) is 5.75 Å². The van der Waals surface area contributed by atoms with Crippen LogP contribution < -0.4 is 16.2 Å². The molecule has 1 aromatic rings. The van der Waals surface area contributed by atoms with E-state index in [1.54, 1.807) is 12.1 Å². The van der Waals surface area contributed by atoms with Gasteiger partial charge in [0, 0.05) is 29.4 Å². The number of rotatable bonds is 6. The normalized spacial score (nSPS) is 10.1. The Bertz CT molecular complexity index is 368. The summed E-state index contributed by atoms with van der Waals surface area (Å²) in [5.74, 6) is 1.20. The molecule has 88 valence electrons. The van der Waals surface area contributed by atoms with Crippen LogP contribution in [0.15, 0.2) is 12.1 Å². The van der Waals surface area contributed by atoms with Crippen LogP contribution in [-0.4, -0.2) is 18.7 Å². The van der Waals surface area contributed by atoms with Crippen LogP contribution >= 0.6 is 11.6 Å². The van der Waals surface area contributed by atoms with Crippen molar-refractivity contribution >= 4 is 29.2 Å². The van der Waals surface area contributed by atoms with Gasteiger partial charge in [-0.05, 0) is 18.9 Å². The molecule has 1 aromatic carbocycles. The molecule has 0 saturated carbocycles. The van der Waals surface area contributed by atoms with Crippen LogP contribution in [0.25, 0.3) is 0 Å². The van der Waals surface area contributed by atoms with Gasteiger partial charge in [-0.3, -0.25) is 0 Å². The maximum atomic E-state index is 7.13. The molecule has 0 aromatic heterocycles. The molecule has 0 unspecified atom stereocenters. The van der Waals surface area contributed by atoms with Gasteiger partial charge in [0.25, 0.3) is 0 Å². The lowest BCUT2D eigenvalue weighted by Gasteiger charge is -2.10. The van der Waals surface area contributed by atoms with Gasteiger partial charge in [0.2, 0.25) is 0 Å². The number of hydrogen-bond donors (Lipinski definition) is 3. The van der Waals surface area contributed by atoms with E-state index in [0.29, 0.717) is 35.2 Å². The molecule has 0 spiro atoms. The lowest BCUT2D eigenvalue weighted by atomic mass is 10.1. The van der Waals surface area contributed by atoms with E-state index in [2.05, 4.69) is 0 Å². The molecule has 5 N–H and O–H groups in total. The Hall–Kier alpha value is -1.42. The van der Waals surface area contributed by atoms with Crippen LogP contribution in [0.4, 0.5) is 11.4 Å². The summed E-state index contributed by atoms with van der Waals surface area (Å²) in [6, 6.07) is 3.29. The van der Waals surface area contributed by atoms with Crippen LogP contribution in [0, 0.1) is 5.41 Å². The van der Waals surface area contributed by atoms with E-state index in [0.717, 1.165) is 12.8 Å². The fraction of sp³-hybridized carbons (Fsp3) is 0.364. The highest BCUT2D eigenvalue weighted by molar-refractivity contribution is 6.17. The molecular weight excluding hydrogens is 226 g/mol. The molecule has 0 aliphatic rings. The third-order valence-electron chi connectivity index (χ3n) is 2.16. The summed E-state index contributed by atoms with van der Waals surface area (Å²) in [6.07, 6.45) is 2.97.